The summed E-state index contributed by atoms with van der Waals surface area (Å²) in [7, 11) is 1.68. The molecule has 0 aromatic carbocycles. The molecule has 2 aromatic rings. The summed E-state index contributed by atoms with van der Waals surface area (Å²) in [6.07, 6.45) is 1.66. The zero-order valence-electron chi connectivity index (χ0n) is 20.3. The van der Waals surface area contributed by atoms with Gasteiger partial charge in [-0.3, -0.25) is 9.78 Å². The molecule has 2 heterocycles. The predicted octanol–water partition coefficient (Wildman–Crippen LogP) is 3.32. The second kappa shape index (κ2) is 13.9. The van der Waals surface area contributed by atoms with E-state index < -0.39 is 12.1 Å². The monoisotopic (exact) mass is 510 g/mol. The maximum Gasteiger partial charge on any atom is 0.407 e. The minimum absolute atomic E-state index is 0.0935. The van der Waals surface area contributed by atoms with Crippen molar-refractivity contribution in [1.29, 1.82) is 0 Å². The Labute approximate surface area is 208 Å². The van der Waals surface area contributed by atoms with Crippen LogP contribution in [0.3, 0.4) is 0 Å². The predicted molar refractivity (Wildman–Crippen MR) is 133 cm³/mol. The summed E-state index contributed by atoms with van der Waals surface area (Å²) >= 11 is 3.00. The molecule has 0 aliphatic heterocycles. The highest BCUT2D eigenvalue weighted by atomic mass is 32.1. The number of nitrogens with zero attached hydrogens (tertiary/aromatic N) is 3. The van der Waals surface area contributed by atoms with Gasteiger partial charge in [0.1, 0.15) is 12.6 Å². The van der Waals surface area contributed by atoms with E-state index in [1.165, 1.54) is 16.2 Å². The summed E-state index contributed by atoms with van der Waals surface area (Å²) in [6, 6.07) is -1.01. The lowest BCUT2D eigenvalue weighted by Crippen LogP contribution is -2.52. The maximum absolute atomic E-state index is 12.7. The number of carbonyl (C=O) groups excluding carboxylic acids is 3. The van der Waals surface area contributed by atoms with E-state index in [2.05, 4.69) is 39.8 Å². The average Bonchev–Trinajstić information content (AvgIpc) is 3.47. The standard InChI is InChI=1S/C22H34N6O4S2/c1-14(2)18(27-21(30)28(5)10-16-12-33-20(26-16)15(3)4)19(29)24-7-6-8-25-22(31)32-11-17-9-23-13-34-17/h9,12-15,18H,6-8,10-11H2,1-5H3,(H,24,29)(H,25,31)(H,27,30). The number of ether oxygens (including phenoxy) is 1. The van der Waals surface area contributed by atoms with Gasteiger partial charge in [-0.05, 0) is 12.3 Å². The Morgan fingerprint density at radius 1 is 1.12 bits per heavy atom. The normalized spacial score (nSPS) is 11.9. The fraction of sp³-hybridized carbons (Fsp3) is 0.591. The first-order chi connectivity index (χ1) is 16.2. The molecule has 2 aromatic heterocycles. The number of aromatic nitrogens is 2. The molecule has 0 fully saturated rings. The van der Waals surface area contributed by atoms with Gasteiger partial charge in [0, 0.05) is 37.6 Å². The molecular formula is C22H34N6O4S2. The van der Waals surface area contributed by atoms with Crippen molar-refractivity contribution in [3.8, 4) is 0 Å². The summed E-state index contributed by atoms with van der Waals surface area (Å²) in [4.78, 5) is 47.8. The number of urea groups is 1. The van der Waals surface area contributed by atoms with Gasteiger partial charge in [0.25, 0.3) is 0 Å². The van der Waals surface area contributed by atoms with E-state index in [0.717, 1.165) is 15.6 Å². The van der Waals surface area contributed by atoms with E-state index >= 15 is 0 Å². The summed E-state index contributed by atoms with van der Waals surface area (Å²) in [5.41, 5.74) is 2.50. The molecule has 34 heavy (non-hydrogen) atoms. The third-order valence-corrected chi connectivity index (χ3v) is 6.74. The number of hydrogen-bond acceptors (Lipinski definition) is 8. The van der Waals surface area contributed by atoms with Crippen LogP contribution in [-0.2, 0) is 22.7 Å². The number of thiazole rings is 2. The van der Waals surface area contributed by atoms with Crippen LogP contribution >= 0.6 is 22.7 Å². The molecule has 0 saturated heterocycles. The molecule has 188 valence electrons. The molecule has 2 rings (SSSR count). The Hall–Kier alpha value is -2.73. The van der Waals surface area contributed by atoms with Crippen molar-refractivity contribution >= 4 is 40.7 Å². The molecule has 1 unspecified atom stereocenters. The Bertz CT molecular complexity index is 916. The highest BCUT2D eigenvalue weighted by Gasteiger charge is 2.25. The topological polar surface area (TPSA) is 126 Å². The molecule has 0 saturated carbocycles. The molecule has 1 atom stereocenters. The van der Waals surface area contributed by atoms with E-state index in [1.807, 2.05) is 19.2 Å². The molecular weight excluding hydrogens is 476 g/mol. The molecule has 0 spiro atoms. The van der Waals surface area contributed by atoms with Crippen molar-refractivity contribution in [2.24, 2.45) is 5.92 Å². The number of amides is 4. The number of alkyl carbamates (subject to hydrolysis) is 1. The fourth-order valence-electron chi connectivity index (χ4n) is 2.85. The summed E-state index contributed by atoms with van der Waals surface area (Å²) in [5.74, 6) is -0.0131. The van der Waals surface area contributed by atoms with Crippen LogP contribution < -0.4 is 16.0 Å². The molecule has 4 amide bonds. The van der Waals surface area contributed by atoms with Gasteiger partial charge in [0.15, 0.2) is 0 Å². The molecule has 0 aliphatic rings. The van der Waals surface area contributed by atoms with Crippen LogP contribution in [0.15, 0.2) is 17.1 Å². The molecule has 10 nitrogen and oxygen atoms in total. The molecule has 12 heteroatoms. The first-order valence-corrected chi connectivity index (χ1v) is 12.9. The number of hydrogen-bond donors (Lipinski definition) is 3. The van der Waals surface area contributed by atoms with Gasteiger partial charge in [-0.25, -0.2) is 14.6 Å². The lowest BCUT2D eigenvalue weighted by atomic mass is 10.0. The average molecular weight is 511 g/mol. The van der Waals surface area contributed by atoms with Gasteiger partial charge < -0.3 is 25.6 Å². The molecule has 0 radical (unpaired) electrons. The van der Waals surface area contributed by atoms with Crippen molar-refractivity contribution in [3.05, 3.63) is 32.7 Å². The maximum atomic E-state index is 12.7. The minimum Gasteiger partial charge on any atom is -0.444 e. The third kappa shape index (κ3) is 9.26. The largest absolute Gasteiger partial charge is 0.444 e. The van der Waals surface area contributed by atoms with Gasteiger partial charge in [-0.1, -0.05) is 27.7 Å². The Morgan fingerprint density at radius 3 is 2.47 bits per heavy atom. The van der Waals surface area contributed by atoms with Crippen LogP contribution in [0.2, 0.25) is 0 Å². The first kappa shape index (κ1) is 27.5. The van der Waals surface area contributed by atoms with E-state index in [0.29, 0.717) is 32.0 Å². The SMILES string of the molecule is CC(C)c1nc(CN(C)C(=O)NC(C(=O)NCCCNC(=O)OCc2cncs2)C(C)C)cs1. The fourth-order valence-corrected chi connectivity index (χ4v) is 4.19. The molecule has 0 aliphatic carbocycles. The van der Waals surface area contributed by atoms with E-state index in [-0.39, 0.29) is 24.5 Å². The van der Waals surface area contributed by atoms with Gasteiger partial charge in [-0.2, -0.15) is 0 Å². The summed E-state index contributed by atoms with van der Waals surface area (Å²) in [6.45, 7) is 9.18. The Morgan fingerprint density at radius 2 is 1.85 bits per heavy atom. The molecule has 3 N–H and O–H groups in total. The second-order valence-corrected chi connectivity index (χ2v) is 10.3. The van der Waals surface area contributed by atoms with Crippen LogP contribution in [0.5, 0.6) is 0 Å². The van der Waals surface area contributed by atoms with Crippen LogP contribution in [0.4, 0.5) is 9.59 Å². The highest BCUT2D eigenvalue weighted by molar-refractivity contribution is 7.09. The van der Waals surface area contributed by atoms with Gasteiger partial charge in [0.2, 0.25) is 5.91 Å². The zero-order chi connectivity index (χ0) is 25.1. The third-order valence-electron chi connectivity index (χ3n) is 4.79. The minimum atomic E-state index is -0.672. The number of carbonyl (C=O) groups is 3. The molecule has 0 bridgehead atoms. The van der Waals surface area contributed by atoms with Crippen LogP contribution in [0.25, 0.3) is 0 Å². The van der Waals surface area contributed by atoms with Crippen molar-refractivity contribution in [1.82, 2.24) is 30.8 Å². The van der Waals surface area contributed by atoms with E-state index in [4.69, 9.17) is 4.74 Å². The highest BCUT2D eigenvalue weighted by Crippen LogP contribution is 2.19. The summed E-state index contributed by atoms with van der Waals surface area (Å²) in [5, 5.41) is 11.3. The van der Waals surface area contributed by atoms with E-state index in [1.54, 1.807) is 30.1 Å². The van der Waals surface area contributed by atoms with Crippen LogP contribution in [-0.4, -0.2) is 59.1 Å². The zero-order valence-corrected chi connectivity index (χ0v) is 21.9. The number of rotatable bonds is 12. The Balaban J connectivity index is 1.69. The van der Waals surface area contributed by atoms with Crippen molar-refractivity contribution in [2.75, 3.05) is 20.1 Å². The lowest BCUT2D eigenvalue weighted by Gasteiger charge is -2.25. The lowest BCUT2D eigenvalue weighted by molar-refractivity contribution is -0.123. The summed E-state index contributed by atoms with van der Waals surface area (Å²) < 4.78 is 5.08. The van der Waals surface area contributed by atoms with Crippen LogP contribution in [0.1, 0.15) is 55.6 Å². The van der Waals surface area contributed by atoms with Gasteiger partial charge >= 0.3 is 12.1 Å². The quantitative estimate of drug-likeness (QED) is 0.376. The van der Waals surface area contributed by atoms with Crippen molar-refractivity contribution in [3.63, 3.8) is 0 Å². The van der Waals surface area contributed by atoms with Gasteiger partial charge in [-0.15, -0.1) is 22.7 Å². The van der Waals surface area contributed by atoms with Gasteiger partial charge in [0.05, 0.1) is 27.6 Å². The first-order valence-electron chi connectivity index (χ1n) is 11.2. The Kier molecular flexibility index (Phi) is 11.2. The van der Waals surface area contributed by atoms with Crippen molar-refractivity contribution in [2.45, 2.75) is 59.2 Å². The number of nitrogens with one attached hydrogen (secondary N) is 3. The second-order valence-electron chi connectivity index (χ2n) is 8.47. The van der Waals surface area contributed by atoms with Crippen molar-refractivity contribution < 1.29 is 19.1 Å². The van der Waals surface area contributed by atoms with E-state index in [9.17, 15) is 14.4 Å². The van der Waals surface area contributed by atoms with Crippen LogP contribution in [0, 0.1) is 5.92 Å². The smallest absolute Gasteiger partial charge is 0.407 e.